The molecule has 3 heteroatoms. The monoisotopic (exact) mass is 251 g/mol. The van der Waals surface area contributed by atoms with E-state index in [0.717, 1.165) is 18.8 Å². The van der Waals surface area contributed by atoms with Crippen molar-refractivity contribution in [1.29, 1.82) is 0 Å². The number of ether oxygens (including phenoxy) is 1. The molecule has 0 spiro atoms. The largest absolute Gasteiger partial charge is 0.493 e. The minimum absolute atomic E-state index is 0.533. The number of nitrogens with one attached hydrogen (secondary N) is 1. The number of hydrogen-bond acceptors (Lipinski definition) is 3. The van der Waals surface area contributed by atoms with Crippen LogP contribution in [0.2, 0.25) is 0 Å². The van der Waals surface area contributed by atoms with Gasteiger partial charge in [-0.3, -0.25) is 0 Å². The third-order valence-corrected chi connectivity index (χ3v) is 2.75. The highest BCUT2D eigenvalue weighted by molar-refractivity contribution is 5.36. The molecular weight excluding hydrogens is 226 g/mol. The van der Waals surface area contributed by atoms with E-state index >= 15 is 0 Å². The molecule has 0 aromatic heterocycles. The smallest absolute Gasteiger partial charge is 0.123 e. The molecule has 1 rings (SSSR count). The normalized spacial score (nSPS) is 11.6. The maximum atomic E-state index is 9.66. The summed E-state index contributed by atoms with van der Waals surface area (Å²) in [5, 5.41) is 13.0. The Morgan fingerprint density at radius 1 is 1.33 bits per heavy atom. The lowest BCUT2D eigenvalue weighted by molar-refractivity contribution is 0.0552. The molecule has 0 radical (unpaired) electrons. The standard InChI is InChI=1S/C15H25NO2/c1-5-16-11-13-10-12(2)6-7-14(13)18-9-8-15(3,4)17/h6-7,10,16-17H,5,8-9,11H2,1-4H3. The van der Waals surface area contributed by atoms with Crippen molar-refractivity contribution in [3.8, 4) is 5.75 Å². The zero-order valence-electron chi connectivity index (χ0n) is 11.9. The first kappa shape index (κ1) is 15.0. The SMILES string of the molecule is CCNCc1cc(C)ccc1OCCC(C)(C)O. The lowest BCUT2D eigenvalue weighted by Gasteiger charge is -2.18. The van der Waals surface area contributed by atoms with Crippen LogP contribution in [0.5, 0.6) is 5.75 Å². The fraction of sp³-hybridized carbons (Fsp3) is 0.600. The van der Waals surface area contributed by atoms with Crippen LogP contribution >= 0.6 is 0 Å². The van der Waals surface area contributed by atoms with Gasteiger partial charge in [0.1, 0.15) is 5.75 Å². The predicted octanol–water partition coefficient (Wildman–Crippen LogP) is 2.64. The molecule has 1 aromatic rings. The van der Waals surface area contributed by atoms with Crippen LogP contribution in [-0.2, 0) is 6.54 Å². The van der Waals surface area contributed by atoms with Crippen molar-refractivity contribution in [2.24, 2.45) is 0 Å². The summed E-state index contributed by atoms with van der Waals surface area (Å²) in [5.41, 5.74) is 1.73. The number of benzene rings is 1. The number of aliphatic hydroxyl groups is 1. The molecule has 0 aliphatic carbocycles. The molecule has 1 aromatic carbocycles. The van der Waals surface area contributed by atoms with Gasteiger partial charge in [0.15, 0.2) is 0 Å². The van der Waals surface area contributed by atoms with Gasteiger partial charge in [0, 0.05) is 18.5 Å². The Bertz CT molecular complexity index is 369. The van der Waals surface area contributed by atoms with Gasteiger partial charge >= 0.3 is 0 Å². The predicted molar refractivity (Wildman–Crippen MR) is 75.0 cm³/mol. The summed E-state index contributed by atoms with van der Waals surface area (Å²) in [5.74, 6) is 0.908. The zero-order valence-corrected chi connectivity index (χ0v) is 11.9. The van der Waals surface area contributed by atoms with Gasteiger partial charge in [0.25, 0.3) is 0 Å². The molecule has 0 amide bonds. The third-order valence-electron chi connectivity index (χ3n) is 2.75. The minimum atomic E-state index is -0.674. The summed E-state index contributed by atoms with van der Waals surface area (Å²) in [6.07, 6.45) is 0.627. The Hall–Kier alpha value is -1.06. The third kappa shape index (κ3) is 5.52. The molecule has 0 saturated heterocycles. The molecule has 0 bridgehead atoms. The first-order valence-corrected chi connectivity index (χ1v) is 6.58. The molecule has 0 fully saturated rings. The van der Waals surface area contributed by atoms with Gasteiger partial charge in [-0.2, -0.15) is 0 Å². The van der Waals surface area contributed by atoms with Crippen LogP contribution < -0.4 is 10.1 Å². The maximum Gasteiger partial charge on any atom is 0.123 e. The average molecular weight is 251 g/mol. The summed E-state index contributed by atoms with van der Waals surface area (Å²) in [4.78, 5) is 0. The average Bonchev–Trinajstić information content (AvgIpc) is 2.27. The Morgan fingerprint density at radius 2 is 2.06 bits per heavy atom. The quantitative estimate of drug-likeness (QED) is 0.783. The van der Waals surface area contributed by atoms with Crippen molar-refractivity contribution >= 4 is 0 Å². The summed E-state index contributed by atoms with van der Waals surface area (Å²) in [7, 11) is 0. The van der Waals surface area contributed by atoms with E-state index in [1.165, 1.54) is 11.1 Å². The fourth-order valence-electron chi connectivity index (χ4n) is 1.66. The maximum absolute atomic E-state index is 9.66. The van der Waals surface area contributed by atoms with Gasteiger partial charge in [0.2, 0.25) is 0 Å². The first-order valence-electron chi connectivity index (χ1n) is 6.58. The number of aryl methyl sites for hydroxylation is 1. The van der Waals surface area contributed by atoms with E-state index in [-0.39, 0.29) is 0 Å². The highest BCUT2D eigenvalue weighted by Gasteiger charge is 2.13. The summed E-state index contributed by atoms with van der Waals surface area (Å²) >= 11 is 0. The molecule has 0 aliphatic rings. The van der Waals surface area contributed by atoms with Gasteiger partial charge in [0.05, 0.1) is 12.2 Å². The molecule has 0 unspecified atom stereocenters. The second-order valence-electron chi connectivity index (χ2n) is 5.30. The van der Waals surface area contributed by atoms with E-state index < -0.39 is 5.60 Å². The molecule has 0 heterocycles. The number of hydrogen-bond donors (Lipinski definition) is 2. The first-order chi connectivity index (χ1) is 8.42. The molecule has 18 heavy (non-hydrogen) atoms. The topological polar surface area (TPSA) is 41.5 Å². The fourth-order valence-corrected chi connectivity index (χ4v) is 1.66. The van der Waals surface area contributed by atoms with E-state index in [9.17, 15) is 5.11 Å². The summed E-state index contributed by atoms with van der Waals surface area (Å²) in [6.45, 7) is 10.1. The van der Waals surface area contributed by atoms with E-state index in [2.05, 4.69) is 31.3 Å². The molecule has 2 N–H and O–H groups in total. The summed E-state index contributed by atoms with van der Waals surface area (Å²) < 4.78 is 5.77. The van der Waals surface area contributed by atoms with Crippen LogP contribution in [-0.4, -0.2) is 23.9 Å². The zero-order chi connectivity index (χ0) is 13.6. The Morgan fingerprint density at radius 3 is 2.67 bits per heavy atom. The lowest BCUT2D eigenvalue weighted by atomic mass is 10.1. The van der Waals surface area contributed by atoms with Crippen molar-refractivity contribution in [2.75, 3.05) is 13.2 Å². The van der Waals surface area contributed by atoms with Crippen molar-refractivity contribution in [3.63, 3.8) is 0 Å². The Balaban J connectivity index is 2.63. The Labute approximate surface area is 110 Å². The Kier molecular flexibility index (Phi) is 5.63. The van der Waals surface area contributed by atoms with Crippen molar-refractivity contribution in [3.05, 3.63) is 29.3 Å². The van der Waals surface area contributed by atoms with Crippen molar-refractivity contribution < 1.29 is 9.84 Å². The van der Waals surface area contributed by atoms with Crippen LogP contribution in [0.3, 0.4) is 0 Å². The van der Waals surface area contributed by atoms with Crippen LogP contribution in [0.1, 0.15) is 38.3 Å². The van der Waals surface area contributed by atoms with Gasteiger partial charge in [-0.15, -0.1) is 0 Å². The molecule has 0 aliphatic heterocycles. The van der Waals surface area contributed by atoms with E-state index in [1.54, 1.807) is 13.8 Å². The van der Waals surface area contributed by atoms with E-state index in [4.69, 9.17) is 4.74 Å². The highest BCUT2D eigenvalue weighted by atomic mass is 16.5. The van der Waals surface area contributed by atoms with Crippen LogP contribution in [0.25, 0.3) is 0 Å². The molecular formula is C15H25NO2. The molecule has 102 valence electrons. The molecule has 0 saturated carbocycles. The van der Waals surface area contributed by atoms with Gasteiger partial charge in [-0.05, 0) is 33.4 Å². The molecule has 3 nitrogen and oxygen atoms in total. The van der Waals surface area contributed by atoms with Crippen LogP contribution in [0.15, 0.2) is 18.2 Å². The van der Waals surface area contributed by atoms with Crippen LogP contribution in [0, 0.1) is 6.92 Å². The molecule has 0 atom stereocenters. The summed E-state index contributed by atoms with van der Waals surface area (Å²) in [6, 6.07) is 6.20. The van der Waals surface area contributed by atoms with Crippen molar-refractivity contribution in [1.82, 2.24) is 5.32 Å². The second kappa shape index (κ2) is 6.76. The van der Waals surface area contributed by atoms with Gasteiger partial charge < -0.3 is 15.2 Å². The second-order valence-corrected chi connectivity index (χ2v) is 5.30. The van der Waals surface area contributed by atoms with Crippen LogP contribution in [0.4, 0.5) is 0 Å². The van der Waals surface area contributed by atoms with Gasteiger partial charge in [-0.25, -0.2) is 0 Å². The highest BCUT2D eigenvalue weighted by Crippen LogP contribution is 2.21. The number of rotatable bonds is 7. The van der Waals surface area contributed by atoms with E-state index in [0.29, 0.717) is 13.0 Å². The minimum Gasteiger partial charge on any atom is -0.493 e. The van der Waals surface area contributed by atoms with Crippen molar-refractivity contribution in [2.45, 2.75) is 46.3 Å². The van der Waals surface area contributed by atoms with E-state index in [1.807, 2.05) is 6.07 Å². The lowest BCUT2D eigenvalue weighted by Crippen LogP contribution is -2.22. The van der Waals surface area contributed by atoms with Gasteiger partial charge in [-0.1, -0.05) is 24.6 Å².